The molecule has 0 spiro atoms. The predicted octanol–water partition coefficient (Wildman–Crippen LogP) is 2.76. The Morgan fingerprint density at radius 1 is 1.03 bits per heavy atom. The van der Waals surface area contributed by atoms with Crippen molar-refractivity contribution in [2.45, 2.75) is 33.1 Å². The monoisotopic (exact) mass is 389 g/mol. The van der Waals surface area contributed by atoms with Crippen molar-refractivity contribution in [1.82, 2.24) is 9.97 Å². The van der Waals surface area contributed by atoms with E-state index in [-0.39, 0.29) is 24.2 Å². The van der Waals surface area contributed by atoms with E-state index in [4.69, 9.17) is 5.73 Å². The number of primary amides is 1. The van der Waals surface area contributed by atoms with E-state index in [2.05, 4.69) is 9.97 Å². The third-order valence-electron chi connectivity index (χ3n) is 4.90. The van der Waals surface area contributed by atoms with Crippen LogP contribution in [0.4, 0.5) is 0 Å². The summed E-state index contributed by atoms with van der Waals surface area (Å²) in [5, 5.41) is 0. The SMILES string of the molecule is CCc1cc(-c2cncc(C(=O)Cc3ccccc3CC(N)=O)c2)c(C)[nH]c1=O. The predicted molar refractivity (Wildman–Crippen MR) is 112 cm³/mol. The smallest absolute Gasteiger partial charge is 0.251 e. The number of aryl methyl sites for hydroxylation is 2. The van der Waals surface area contributed by atoms with E-state index in [0.717, 1.165) is 27.9 Å². The first-order valence-electron chi connectivity index (χ1n) is 9.45. The summed E-state index contributed by atoms with van der Waals surface area (Å²) in [6.45, 7) is 3.75. The average Bonchev–Trinajstić information content (AvgIpc) is 2.69. The lowest BCUT2D eigenvalue weighted by atomic mass is 9.96. The lowest BCUT2D eigenvalue weighted by molar-refractivity contribution is -0.117. The number of rotatable bonds is 7. The molecule has 3 aromatic rings. The maximum absolute atomic E-state index is 12.9. The Kier molecular flexibility index (Phi) is 6.02. The van der Waals surface area contributed by atoms with Crippen molar-refractivity contribution in [2.24, 2.45) is 5.73 Å². The third-order valence-corrected chi connectivity index (χ3v) is 4.90. The first-order valence-corrected chi connectivity index (χ1v) is 9.45. The lowest BCUT2D eigenvalue weighted by Crippen LogP contribution is -2.16. The van der Waals surface area contributed by atoms with Gasteiger partial charge in [-0.1, -0.05) is 31.2 Å². The van der Waals surface area contributed by atoms with E-state index in [0.29, 0.717) is 17.5 Å². The highest BCUT2D eigenvalue weighted by atomic mass is 16.1. The molecule has 2 aromatic heterocycles. The van der Waals surface area contributed by atoms with Gasteiger partial charge >= 0.3 is 0 Å². The van der Waals surface area contributed by atoms with Crippen LogP contribution in [0, 0.1) is 6.92 Å². The number of benzene rings is 1. The molecular weight excluding hydrogens is 366 g/mol. The van der Waals surface area contributed by atoms with Gasteiger partial charge in [-0.15, -0.1) is 0 Å². The fourth-order valence-corrected chi connectivity index (χ4v) is 3.33. The number of pyridine rings is 2. The van der Waals surface area contributed by atoms with Crippen LogP contribution in [0.25, 0.3) is 11.1 Å². The quantitative estimate of drug-likeness (QED) is 0.606. The number of amides is 1. The van der Waals surface area contributed by atoms with Crippen LogP contribution < -0.4 is 11.3 Å². The molecule has 0 atom stereocenters. The van der Waals surface area contributed by atoms with Gasteiger partial charge < -0.3 is 10.7 Å². The molecule has 1 amide bonds. The Balaban J connectivity index is 1.92. The molecule has 0 bridgehead atoms. The molecule has 0 saturated heterocycles. The summed E-state index contributed by atoms with van der Waals surface area (Å²) in [5.41, 5.74) is 10.2. The summed E-state index contributed by atoms with van der Waals surface area (Å²) in [6, 6.07) is 10.9. The summed E-state index contributed by atoms with van der Waals surface area (Å²) in [7, 11) is 0. The second-order valence-corrected chi connectivity index (χ2v) is 6.99. The fourth-order valence-electron chi connectivity index (χ4n) is 3.33. The molecule has 0 fully saturated rings. The van der Waals surface area contributed by atoms with Gasteiger partial charge in [0.15, 0.2) is 5.78 Å². The number of carbonyl (C=O) groups excluding carboxylic acids is 2. The molecule has 1 aromatic carbocycles. The number of hydrogen-bond acceptors (Lipinski definition) is 4. The number of nitrogens with two attached hydrogens (primary N) is 1. The van der Waals surface area contributed by atoms with Crippen LogP contribution in [-0.4, -0.2) is 21.7 Å². The highest BCUT2D eigenvalue weighted by molar-refractivity contribution is 5.98. The zero-order valence-electron chi connectivity index (χ0n) is 16.5. The number of aromatic amines is 1. The lowest BCUT2D eigenvalue weighted by Gasteiger charge is -2.10. The third kappa shape index (κ3) is 4.66. The molecular formula is C23H23N3O3. The van der Waals surface area contributed by atoms with Gasteiger partial charge in [-0.25, -0.2) is 0 Å². The van der Waals surface area contributed by atoms with Gasteiger partial charge in [0, 0.05) is 46.8 Å². The molecule has 29 heavy (non-hydrogen) atoms. The summed E-state index contributed by atoms with van der Waals surface area (Å²) < 4.78 is 0. The van der Waals surface area contributed by atoms with E-state index >= 15 is 0 Å². The number of ketones is 1. The molecule has 148 valence electrons. The number of nitrogens with zero attached hydrogens (tertiary/aromatic N) is 1. The second-order valence-electron chi connectivity index (χ2n) is 6.99. The molecule has 0 aliphatic heterocycles. The minimum absolute atomic E-state index is 0.0953. The maximum Gasteiger partial charge on any atom is 0.251 e. The van der Waals surface area contributed by atoms with Crippen molar-refractivity contribution in [3.8, 4) is 11.1 Å². The Hall–Kier alpha value is -3.54. The van der Waals surface area contributed by atoms with Crippen LogP contribution >= 0.6 is 0 Å². The Morgan fingerprint density at radius 2 is 1.72 bits per heavy atom. The van der Waals surface area contributed by atoms with Gasteiger partial charge in [-0.3, -0.25) is 19.4 Å². The summed E-state index contributed by atoms with van der Waals surface area (Å²) in [5.74, 6) is -0.539. The van der Waals surface area contributed by atoms with Crippen LogP contribution in [0.3, 0.4) is 0 Å². The summed E-state index contributed by atoms with van der Waals surface area (Å²) in [6.07, 6.45) is 4.07. The minimum atomic E-state index is -0.436. The number of aromatic nitrogens is 2. The molecule has 0 saturated carbocycles. The molecule has 2 heterocycles. The van der Waals surface area contributed by atoms with Crippen molar-refractivity contribution < 1.29 is 9.59 Å². The van der Waals surface area contributed by atoms with E-state index < -0.39 is 5.91 Å². The number of carbonyl (C=O) groups is 2. The largest absolute Gasteiger partial charge is 0.369 e. The molecule has 3 rings (SSSR count). The van der Waals surface area contributed by atoms with E-state index in [1.54, 1.807) is 18.3 Å². The van der Waals surface area contributed by atoms with Crippen LogP contribution in [0.2, 0.25) is 0 Å². The highest BCUT2D eigenvalue weighted by Gasteiger charge is 2.14. The van der Waals surface area contributed by atoms with Gasteiger partial charge in [-0.05, 0) is 36.6 Å². The number of nitrogens with one attached hydrogen (secondary N) is 1. The van der Waals surface area contributed by atoms with Crippen LogP contribution in [0.15, 0.2) is 53.6 Å². The number of hydrogen-bond donors (Lipinski definition) is 2. The van der Waals surface area contributed by atoms with Gasteiger partial charge in [0.05, 0.1) is 6.42 Å². The Bertz CT molecular complexity index is 1130. The Morgan fingerprint density at radius 3 is 2.38 bits per heavy atom. The standard InChI is InChI=1S/C23H23N3O3/c1-3-15-9-20(14(2)26-23(15)29)18-8-19(13-25-12-18)21(27)10-16-6-4-5-7-17(16)11-22(24)28/h4-9,12-13H,3,10-11H2,1-2H3,(H2,24,28)(H,26,29). The second kappa shape index (κ2) is 8.65. The summed E-state index contributed by atoms with van der Waals surface area (Å²) >= 11 is 0. The van der Waals surface area contributed by atoms with Gasteiger partial charge in [0.25, 0.3) is 5.56 Å². The first kappa shape index (κ1) is 20.2. The molecule has 0 aliphatic carbocycles. The Labute approximate surface area is 168 Å². The van der Waals surface area contributed by atoms with Crippen molar-refractivity contribution in [2.75, 3.05) is 0 Å². The van der Waals surface area contributed by atoms with Crippen molar-refractivity contribution in [1.29, 1.82) is 0 Å². The topological polar surface area (TPSA) is 106 Å². The highest BCUT2D eigenvalue weighted by Crippen LogP contribution is 2.23. The zero-order chi connectivity index (χ0) is 21.0. The minimum Gasteiger partial charge on any atom is -0.369 e. The van der Waals surface area contributed by atoms with Crippen LogP contribution in [0.1, 0.15) is 39.7 Å². The maximum atomic E-state index is 12.9. The van der Waals surface area contributed by atoms with Crippen molar-refractivity contribution in [3.63, 3.8) is 0 Å². The molecule has 0 aliphatic rings. The molecule has 3 N–H and O–H groups in total. The molecule has 6 heteroatoms. The van der Waals surface area contributed by atoms with Crippen molar-refractivity contribution in [3.05, 3.63) is 87.1 Å². The van der Waals surface area contributed by atoms with Crippen LogP contribution in [-0.2, 0) is 24.1 Å². The molecule has 6 nitrogen and oxygen atoms in total. The van der Waals surface area contributed by atoms with Gasteiger partial charge in [0.1, 0.15) is 0 Å². The normalized spacial score (nSPS) is 10.7. The fraction of sp³-hybridized carbons (Fsp3) is 0.217. The average molecular weight is 389 g/mol. The zero-order valence-corrected chi connectivity index (χ0v) is 16.5. The molecule has 0 radical (unpaired) electrons. The van der Waals surface area contributed by atoms with Gasteiger partial charge in [0.2, 0.25) is 5.91 Å². The summed E-state index contributed by atoms with van der Waals surface area (Å²) in [4.78, 5) is 43.2. The van der Waals surface area contributed by atoms with E-state index in [1.165, 1.54) is 6.20 Å². The first-order chi connectivity index (χ1) is 13.9. The van der Waals surface area contributed by atoms with E-state index in [1.807, 2.05) is 38.1 Å². The van der Waals surface area contributed by atoms with Gasteiger partial charge in [-0.2, -0.15) is 0 Å². The van der Waals surface area contributed by atoms with Crippen molar-refractivity contribution >= 4 is 11.7 Å². The number of Topliss-reactive ketones (excluding diaryl/α,β-unsaturated/α-hetero) is 1. The van der Waals surface area contributed by atoms with Crippen LogP contribution in [0.5, 0.6) is 0 Å². The molecule has 0 unspecified atom stereocenters. The van der Waals surface area contributed by atoms with E-state index in [9.17, 15) is 14.4 Å². The number of H-pyrrole nitrogens is 1.